The normalized spacial score (nSPS) is 16.4. The van der Waals surface area contributed by atoms with Gasteiger partial charge in [0.15, 0.2) is 0 Å². The zero-order valence-electron chi connectivity index (χ0n) is 12.0. The van der Waals surface area contributed by atoms with Crippen LogP contribution in [-0.2, 0) is 0 Å². The van der Waals surface area contributed by atoms with Crippen LogP contribution in [-0.4, -0.2) is 60.1 Å². The van der Waals surface area contributed by atoms with Crippen molar-refractivity contribution in [1.82, 2.24) is 9.80 Å². The van der Waals surface area contributed by atoms with Crippen LogP contribution >= 0.6 is 0 Å². The third-order valence-corrected chi connectivity index (χ3v) is 3.72. The maximum Gasteiger partial charge on any atom is 0.257 e. The van der Waals surface area contributed by atoms with Crippen molar-refractivity contribution in [3.8, 4) is 5.75 Å². The molecule has 0 atom stereocenters. The monoisotopic (exact) mass is 277 g/mol. The predicted molar refractivity (Wildman–Crippen MR) is 78.9 cm³/mol. The Kier molecular flexibility index (Phi) is 4.98. The number of amides is 1. The summed E-state index contributed by atoms with van der Waals surface area (Å²) < 4.78 is 0. The van der Waals surface area contributed by atoms with Crippen LogP contribution in [0.1, 0.15) is 22.3 Å². The zero-order valence-corrected chi connectivity index (χ0v) is 12.0. The van der Waals surface area contributed by atoms with E-state index in [0.29, 0.717) is 25.2 Å². The number of carbonyl (C=O) groups excluding carboxylic acids is 1. The molecule has 1 heterocycles. The largest absolute Gasteiger partial charge is 0.507 e. The summed E-state index contributed by atoms with van der Waals surface area (Å²) in [5, 5.41) is 9.89. The molecule has 0 unspecified atom stereocenters. The molecule has 110 valence electrons. The minimum Gasteiger partial charge on any atom is -0.507 e. The maximum absolute atomic E-state index is 12.4. The molecule has 5 nitrogen and oxygen atoms in total. The van der Waals surface area contributed by atoms with Gasteiger partial charge in [0.1, 0.15) is 5.75 Å². The van der Waals surface area contributed by atoms with E-state index >= 15 is 0 Å². The Hall–Kier alpha value is -1.59. The lowest BCUT2D eigenvalue weighted by Gasteiger charge is -2.34. The molecule has 0 bridgehead atoms. The number of phenolic OH excluding ortho intramolecular Hbond substituents is 1. The highest BCUT2D eigenvalue weighted by Crippen LogP contribution is 2.20. The molecule has 3 N–H and O–H groups in total. The molecule has 1 aliphatic rings. The summed E-state index contributed by atoms with van der Waals surface area (Å²) in [6.07, 6.45) is 0.993. The average molecular weight is 277 g/mol. The van der Waals surface area contributed by atoms with Gasteiger partial charge >= 0.3 is 0 Å². The Morgan fingerprint density at radius 2 is 2.00 bits per heavy atom. The number of piperazine rings is 1. The average Bonchev–Trinajstić information content (AvgIpc) is 2.45. The van der Waals surface area contributed by atoms with E-state index in [1.165, 1.54) is 0 Å². The Morgan fingerprint density at radius 3 is 2.60 bits per heavy atom. The Labute approximate surface area is 120 Å². The van der Waals surface area contributed by atoms with Gasteiger partial charge in [-0.2, -0.15) is 0 Å². The molecule has 20 heavy (non-hydrogen) atoms. The van der Waals surface area contributed by atoms with Gasteiger partial charge in [-0.25, -0.2) is 0 Å². The lowest BCUT2D eigenvalue weighted by Crippen LogP contribution is -2.49. The van der Waals surface area contributed by atoms with Crippen molar-refractivity contribution < 1.29 is 9.90 Å². The second-order valence-corrected chi connectivity index (χ2v) is 5.30. The predicted octanol–water partition coefficient (Wildman–Crippen LogP) is 0.807. The van der Waals surface area contributed by atoms with Crippen LogP contribution < -0.4 is 5.73 Å². The molecule has 2 rings (SSSR count). The third kappa shape index (κ3) is 3.49. The maximum atomic E-state index is 12.4. The first-order valence-electron chi connectivity index (χ1n) is 7.13. The first-order chi connectivity index (χ1) is 9.61. The summed E-state index contributed by atoms with van der Waals surface area (Å²) in [7, 11) is 0. The number of hydrogen-bond donors (Lipinski definition) is 2. The Bertz CT molecular complexity index is 468. The molecule has 0 aromatic heterocycles. The van der Waals surface area contributed by atoms with Gasteiger partial charge in [-0.3, -0.25) is 9.69 Å². The van der Waals surface area contributed by atoms with Gasteiger partial charge < -0.3 is 15.7 Å². The minimum absolute atomic E-state index is 0.0700. The summed E-state index contributed by atoms with van der Waals surface area (Å²) in [5.74, 6) is -0.0125. The molecule has 1 amide bonds. The van der Waals surface area contributed by atoms with Crippen LogP contribution in [0, 0.1) is 6.92 Å². The topological polar surface area (TPSA) is 69.8 Å². The van der Waals surface area contributed by atoms with Crippen molar-refractivity contribution in [2.24, 2.45) is 5.73 Å². The molecule has 5 heteroatoms. The highest BCUT2D eigenvalue weighted by molar-refractivity contribution is 5.97. The van der Waals surface area contributed by atoms with Crippen molar-refractivity contribution in [2.75, 3.05) is 39.3 Å². The number of nitrogens with two attached hydrogens (primary N) is 1. The third-order valence-electron chi connectivity index (χ3n) is 3.72. The molecule has 1 aromatic rings. The highest BCUT2D eigenvalue weighted by atomic mass is 16.3. The molecule has 0 radical (unpaired) electrons. The van der Waals surface area contributed by atoms with E-state index in [0.717, 1.165) is 31.6 Å². The van der Waals surface area contributed by atoms with E-state index in [-0.39, 0.29) is 11.7 Å². The fraction of sp³-hybridized carbons (Fsp3) is 0.533. The Balaban J connectivity index is 1.94. The molecule has 0 saturated carbocycles. The zero-order chi connectivity index (χ0) is 14.5. The molecule has 0 spiro atoms. The van der Waals surface area contributed by atoms with Crippen LogP contribution in [0.4, 0.5) is 0 Å². The van der Waals surface area contributed by atoms with Gasteiger partial charge in [0, 0.05) is 26.2 Å². The second kappa shape index (κ2) is 6.72. The molecule has 1 saturated heterocycles. The van der Waals surface area contributed by atoms with Crippen LogP contribution in [0.2, 0.25) is 0 Å². The Morgan fingerprint density at radius 1 is 1.30 bits per heavy atom. The van der Waals surface area contributed by atoms with Gasteiger partial charge in [0.2, 0.25) is 0 Å². The van der Waals surface area contributed by atoms with Crippen LogP contribution in [0.3, 0.4) is 0 Å². The highest BCUT2D eigenvalue weighted by Gasteiger charge is 2.23. The van der Waals surface area contributed by atoms with E-state index in [1.54, 1.807) is 12.1 Å². The summed E-state index contributed by atoms with van der Waals surface area (Å²) in [4.78, 5) is 16.5. The molecule has 1 aromatic carbocycles. The summed E-state index contributed by atoms with van der Waals surface area (Å²) in [5.41, 5.74) is 6.85. The summed E-state index contributed by atoms with van der Waals surface area (Å²) >= 11 is 0. The van der Waals surface area contributed by atoms with Gasteiger partial charge in [-0.1, -0.05) is 6.07 Å². The number of aromatic hydroxyl groups is 1. The SMILES string of the molecule is Cc1ccc(C(=O)N2CCN(CCCN)CC2)c(O)c1. The number of carbonyl (C=O) groups is 1. The van der Waals surface area contributed by atoms with E-state index in [9.17, 15) is 9.90 Å². The van der Waals surface area contributed by atoms with Gasteiger partial charge in [-0.05, 0) is 44.1 Å². The standard InChI is InChI=1S/C15H23N3O2/c1-12-3-4-13(14(19)11-12)15(20)18-9-7-17(8-10-18)6-2-5-16/h3-4,11,19H,2,5-10,16H2,1H3. The first kappa shape index (κ1) is 14.8. The molecule has 1 aliphatic heterocycles. The molecule has 1 fully saturated rings. The van der Waals surface area contributed by atoms with Crippen molar-refractivity contribution in [3.05, 3.63) is 29.3 Å². The van der Waals surface area contributed by atoms with Crippen LogP contribution in [0.25, 0.3) is 0 Å². The van der Waals surface area contributed by atoms with Gasteiger partial charge in [0.05, 0.1) is 5.56 Å². The molecular weight excluding hydrogens is 254 g/mol. The fourth-order valence-corrected chi connectivity index (χ4v) is 2.48. The number of phenols is 1. The van der Waals surface area contributed by atoms with Crippen LogP contribution in [0.5, 0.6) is 5.75 Å². The molecule has 0 aliphatic carbocycles. The number of aryl methyl sites for hydroxylation is 1. The number of hydrogen-bond acceptors (Lipinski definition) is 4. The van der Waals surface area contributed by atoms with Crippen molar-refractivity contribution in [1.29, 1.82) is 0 Å². The van der Waals surface area contributed by atoms with E-state index in [1.807, 2.05) is 17.9 Å². The van der Waals surface area contributed by atoms with Crippen molar-refractivity contribution in [2.45, 2.75) is 13.3 Å². The van der Waals surface area contributed by atoms with Crippen molar-refractivity contribution in [3.63, 3.8) is 0 Å². The minimum atomic E-state index is -0.0824. The fourth-order valence-electron chi connectivity index (χ4n) is 2.48. The lowest BCUT2D eigenvalue weighted by atomic mass is 10.1. The summed E-state index contributed by atoms with van der Waals surface area (Å²) in [6.45, 7) is 6.75. The number of nitrogens with zero attached hydrogens (tertiary/aromatic N) is 2. The van der Waals surface area contributed by atoms with Crippen molar-refractivity contribution >= 4 is 5.91 Å². The quantitative estimate of drug-likeness (QED) is 0.854. The molecular formula is C15H23N3O2. The van der Waals surface area contributed by atoms with E-state index in [4.69, 9.17) is 5.73 Å². The van der Waals surface area contributed by atoms with Gasteiger partial charge in [-0.15, -0.1) is 0 Å². The van der Waals surface area contributed by atoms with Crippen LogP contribution in [0.15, 0.2) is 18.2 Å². The first-order valence-corrected chi connectivity index (χ1v) is 7.13. The number of rotatable bonds is 4. The summed E-state index contributed by atoms with van der Waals surface area (Å²) in [6, 6.07) is 5.18. The van der Waals surface area contributed by atoms with E-state index < -0.39 is 0 Å². The smallest absolute Gasteiger partial charge is 0.257 e. The van der Waals surface area contributed by atoms with Gasteiger partial charge in [0.25, 0.3) is 5.91 Å². The number of benzene rings is 1. The van der Waals surface area contributed by atoms with E-state index in [2.05, 4.69) is 4.90 Å². The lowest BCUT2D eigenvalue weighted by molar-refractivity contribution is 0.0634. The second-order valence-electron chi connectivity index (χ2n) is 5.30.